The van der Waals surface area contributed by atoms with Gasteiger partial charge in [0.05, 0.1) is 0 Å². The van der Waals surface area contributed by atoms with Crippen molar-refractivity contribution in [1.82, 2.24) is 0 Å². The van der Waals surface area contributed by atoms with Crippen LogP contribution in [0.4, 0.5) is 8.78 Å². The first kappa shape index (κ1) is 11.4. The standard InChI is InChI=1S/C9H10BrF2NO/c10-7-1-2-8(14-9(11)12)6(5-7)3-4-13/h1-2,5,9H,3-4,13H2. The number of ether oxygens (including phenoxy) is 1. The molecule has 2 nitrogen and oxygen atoms in total. The van der Waals surface area contributed by atoms with Crippen LogP contribution in [-0.4, -0.2) is 13.2 Å². The largest absolute Gasteiger partial charge is 0.435 e. The Labute approximate surface area is 89.2 Å². The highest BCUT2D eigenvalue weighted by Gasteiger charge is 2.09. The van der Waals surface area contributed by atoms with Crippen molar-refractivity contribution in [2.24, 2.45) is 5.73 Å². The molecule has 0 aliphatic heterocycles. The van der Waals surface area contributed by atoms with Gasteiger partial charge in [-0.25, -0.2) is 0 Å². The molecule has 1 aromatic carbocycles. The smallest absolute Gasteiger partial charge is 0.387 e. The summed E-state index contributed by atoms with van der Waals surface area (Å²) >= 11 is 3.25. The minimum atomic E-state index is -2.80. The predicted octanol–water partition coefficient (Wildman–Crippen LogP) is 2.55. The van der Waals surface area contributed by atoms with Gasteiger partial charge in [-0.1, -0.05) is 15.9 Å². The lowest BCUT2D eigenvalue weighted by Gasteiger charge is -2.10. The average Bonchev–Trinajstić information content (AvgIpc) is 2.09. The summed E-state index contributed by atoms with van der Waals surface area (Å²) in [7, 11) is 0. The van der Waals surface area contributed by atoms with Crippen LogP contribution in [-0.2, 0) is 6.42 Å². The van der Waals surface area contributed by atoms with Gasteiger partial charge in [-0.2, -0.15) is 8.78 Å². The van der Waals surface area contributed by atoms with E-state index in [-0.39, 0.29) is 5.75 Å². The Morgan fingerprint density at radius 1 is 1.43 bits per heavy atom. The summed E-state index contributed by atoms with van der Waals surface area (Å²) in [6, 6.07) is 4.88. The van der Waals surface area contributed by atoms with Gasteiger partial charge in [0.15, 0.2) is 0 Å². The molecule has 0 heterocycles. The maximum absolute atomic E-state index is 12.0. The molecule has 0 atom stereocenters. The summed E-state index contributed by atoms with van der Waals surface area (Å²) in [6.07, 6.45) is 0.515. The molecule has 1 aromatic rings. The summed E-state index contributed by atoms with van der Waals surface area (Å²) in [5.41, 5.74) is 6.03. The van der Waals surface area contributed by atoms with E-state index >= 15 is 0 Å². The Morgan fingerprint density at radius 2 is 2.14 bits per heavy atom. The zero-order chi connectivity index (χ0) is 10.6. The van der Waals surface area contributed by atoms with Gasteiger partial charge in [-0.3, -0.25) is 0 Å². The summed E-state index contributed by atoms with van der Waals surface area (Å²) in [5, 5.41) is 0. The molecule has 0 aromatic heterocycles. The van der Waals surface area contributed by atoms with Crippen molar-refractivity contribution in [1.29, 1.82) is 0 Å². The molecule has 2 N–H and O–H groups in total. The summed E-state index contributed by atoms with van der Waals surface area (Å²) in [5.74, 6) is 0.189. The number of benzene rings is 1. The monoisotopic (exact) mass is 265 g/mol. The molecule has 0 bridgehead atoms. The number of hydrogen-bond acceptors (Lipinski definition) is 2. The fourth-order valence-electron chi connectivity index (χ4n) is 1.11. The molecule has 78 valence electrons. The second kappa shape index (κ2) is 5.26. The lowest BCUT2D eigenvalue weighted by Crippen LogP contribution is -2.08. The molecule has 0 saturated heterocycles. The molecular formula is C9H10BrF2NO. The second-order valence-corrected chi connectivity index (χ2v) is 3.58. The first-order valence-corrected chi connectivity index (χ1v) is 4.86. The van der Waals surface area contributed by atoms with Crippen molar-refractivity contribution in [3.05, 3.63) is 28.2 Å². The average molecular weight is 266 g/mol. The quantitative estimate of drug-likeness (QED) is 0.908. The van der Waals surface area contributed by atoms with Crippen LogP contribution >= 0.6 is 15.9 Å². The van der Waals surface area contributed by atoms with Crippen molar-refractivity contribution in [2.75, 3.05) is 6.54 Å². The van der Waals surface area contributed by atoms with Crippen LogP contribution in [0.5, 0.6) is 5.75 Å². The maximum atomic E-state index is 12.0. The topological polar surface area (TPSA) is 35.2 Å². The zero-order valence-electron chi connectivity index (χ0n) is 7.34. The Bertz CT molecular complexity index is 307. The molecule has 0 saturated carbocycles. The lowest BCUT2D eigenvalue weighted by molar-refractivity contribution is -0.0504. The van der Waals surface area contributed by atoms with Gasteiger partial charge in [0.25, 0.3) is 0 Å². The van der Waals surface area contributed by atoms with Crippen LogP contribution in [0.1, 0.15) is 5.56 Å². The molecule has 0 fully saturated rings. The van der Waals surface area contributed by atoms with Gasteiger partial charge in [-0.05, 0) is 36.7 Å². The van der Waals surface area contributed by atoms with Gasteiger partial charge in [-0.15, -0.1) is 0 Å². The maximum Gasteiger partial charge on any atom is 0.387 e. The minimum absolute atomic E-state index is 0.189. The van der Waals surface area contributed by atoms with E-state index in [0.29, 0.717) is 18.5 Å². The molecule has 0 aliphatic rings. The van der Waals surface area contributed by atoms with Gasteiger partial charge in [0.2, 0.25) is 0 Å². The summed E-state index contributed by atoms with van der Waals surface area (Å²) in [6.45, 7) is -2.40. The van der Waals surface area contributed by atoms with Crippen molar-refractivity contribution in [3.8, 4) is 5.75 Å². The van der Waals surface area contributed by atoms with Crippen molar-refractivity contribution < 1.29 is 13.5 Å². The van der Waals surface area contributed by atoms with Gasteiger partial charge in [0.1, 0.15) is 5.75 Å². The third-order valence-corrected chi connectivity index (χ3v) is 2.15. The number of halogens is 3. The number of nitrogens with two attached hydrogens (primary N) is 1. The van der Waals surface area contributed by atoms with Crippen LogP contribution in [0.3, 0.4) is 0 Å². The second-order valence-electron chi connectivity index (χ2n) is 2.67. The SMILES string of the molecule is NCCc1cc(Br)ccc1OC(F)F. The van der Waals surface area contributed by atoms with Gasteiger partial charge in [0, 0.05) is 4.47 Å². The van der Waals surface area contributed by atoms with E-state index in [9.17, 15) is 8.78 Å². The highest BCUT2D eigenvalue weighted by Crippen LogP contribution is 2.24. The van der Waals surface area contributed by atoms with Crippen LogP contribution in [0.25, 0.3) is 0 Å². The highest BCUT2D eigenvalue weighted by atomic mass is 79.9. The van der Waals surface area contributed by atoms with Gasteiger partial charge >= 0.3 is 6.61 Å². The molecule has 0 radical (unpaired) electrons. The molecule has 0 unspecified atom stereocenters. The van der Waals surface area contributed by atoms with E-state index < -0.39 is 6.61 Å². The number of rotatable bonds is 4. The molecule has 5 heteroatoms. The Morgan fingerprint density at radius 3 is 2.71 bits per heavy atom. The molecule has 0 aliphatic carbocycles. The summed E-state index contributed by atoms with van der Waals surface area (Å²) in [4.78, 5) is 0. The van der Waals surface area contributed by atoms with Crippen molar-refractivity contribution in [3.63, 3.8) is 0 Å². The normalized spacial score (nSPS) is 10.6. The summed E-state index contributed by atoms with van der Waals surface area (Å²) < 4.78 is 29.1. The number of alkyl halides is 2. The molecular weight excluding hydrogens is 256 g/mol. The van der Waals surface area contributed by atoms with E-state index in [2.05, 4.69) is 20.7 Å². The van der Waals surface area contributed by atoms with E-state index in [4.69, 9.17) is 5.73 Å². The van der Waals surface area contributed by atoms with Crippen molar-refractivity contribution >= 4 is 15.9 Å². The van der Waals surface area contributed by atoms with Crippen LogP contribution in [0, 0.1) is 0 Å². The third kappa shape index (κ3) is 3.23. The Kier molecular flexibility index (Phi) is 4.28. The highest BCUT2D eigenvalue weighted by molar-refractivity contribution is 9.10. The number of hydrogen-bond donors (Lipinski definition) is 1. The zero-order valence-corrected chi connectivity index (χ0v) is 8.93. The van der Waals surface area contributed by atoms with E-state index in [1.807, 2.05) is 0 Å². The van der Waals surface area contributed by atoms with Crippen LogP contribution in [0.2, 0.25) is 0 Å². The van der Waals surface area contributed by atoms with E-state index in [1.54, 1.807) is 12.1 Å². The minimum Gasteiger partial charge on any atom is -0.435 e. The fourth-order valence-corrected chi connectivity index (χ4v) is 1.52. The van der Waals surface area contributed by atoms with Gasteiger partial charge < -0.3 is 10.5 Å². The molecule has 0 spiro atoms. The predicted molar refractivity (Wildman–Crippen MR) is 53.5 cm³/mol. The van der Waals surface area contributed by atoms with Crippen LogP contribution in [0.15, 0.2) is 22.7 Å². The first-order valence-electron chi connectivity index (χ1n) is 4.07. The van der Waals surface area contributed by atoms with E-state index in [0.717, 1.165) is 4.47 Å². The van der Waals surface area contributed by atoms with Crippen LogP contribution < -0.4 is 10.5 Å². The molecule has 0 amide bonds. The van der Waals surface area contributed by atoms with Crippen molar-refractivity contribution in [2.45, 2.75) is 13.0 Å². The van der Waals surface area contributed by atoms with E-state index in [1.165, 1.54) is 6.07 Å². The first-order chi connectivity index (χ1) is 6.63. The fraction of sp³-hybridized carbons (Fsp3) is 0.333. The molecule has 14 heavy (non-hydrogen) atoms. The third-order valence-electron chi connectivity index (χ3n) is 1.65. The Hall–Kier alpha value is -0.680. The lowest BCUT2D eigenvalue weighted by atomic mass is 10.1. The Balaban J connectivity index is 2.89. The molecule has 1 rings (SSSR count).